The highest BCUT2D eigenvalue weighted by molar-refractivity contribution is 14.1. The molecule has 0 spiro atoms. The third-order valence-electron chi connectivity index (χ3n) is 1.66. The van der Waals surface area contributed by atoms with E-state index in [0.29, 0.717) is 6.10 Å². The van der Waals surface area contributed by atoms with Crippen LogP contribution in [0, 0.1) is 0 Å². The van der Waals surface area contributed by atoms with E-state index < -0.39 is 0 Å². The molecule has 1 aliphatic rings. The van der Waals surface area contributed by atoms with Crippen molar-refractivity contribution >= 4 is 22.6 Å². The normalized spacial score (nSPS) is 22.0. The van der Waals surface area contributed by atoms with Gasteiger partial charge in [-0.05, 0) is 0 Å². The first-order valence-corrected chi connectivity index (χ1v) is 4.70. The summed E-state index contributed by atoms with van der Waals surface area (Å²) in [5.74, 6) is 0. The van der Waals surface area contributed by atoms with E-state index in [4.69, 9.17) is 4.74 Å². The topological polar surface area (TPSA) is 12.5 Å². The predicted molar refractivity (Wildman–Crippen MR) is 46.1 cm³/mol. The highest BCUT2D eigenvalue weighted by Crippen LogP contribution is 2.09. The number of nitrogens with zero attached hydrogens (tertiary/aromatic N) is 1. The molecule has 1 saturated heterocycles. The minimum atomic E-state index is 0.521. The maximum absolute atomic E-state index is 5.12. The van der Waals surface area contributed by atoms with E-state index >= 15 is 0 Å². The summed E-state index contributed by atoms with van der Waals surface area (Å²) in [6, 6.07) is 0. The van der Waals surface area contributed by atoms with Crippen LogP contribution in [-0.2, 0) is 4.74 Å². The summed E-state index contributed by atoms with van der Waals surface area (Å²) in [6.45, 7) is 3.50. The number of methoxy groups -OCH3 is 1. The minimum absolute atomic E-state index is 0.521. The van der Waals surface area contributed by atoms with E-state index in [2.05, 4.69) is 27.5 Å². The van der Waals surface area contributed by atoms with Crippen LogP contribution < -0.4 is 0 Å². The molecule has 1 fully saturated rings. The number of halogens is 1. The van der Waals surface area contributed by atoms with Crippen LogP contribution in [0.15, 0.2) is 0 Å². The van der Waals surface area contributed by atoms with Gasteiger partial charge in [0.15, 0.2) is 0 Å². The van der Waals surface area contributed by atoms with Crippen molar-refractivity contribution in [2.24, 2.45) is 0 Å². The highest BCUT2D eigenvalue weighted by atomic mass is 127. The summed E-state index contributed by atoms with van der Waals surface area (Å²) in [5.41, 5.74) is 0. The van der Waals surface area contributed by atoms with Gasteiger partial charge in [0.1, 0.15) is 0 Å². The fraction of sp³-hybridized carbons (Fsp3) is 1.00. The summed E-state index contributed by atoms with van der Waals surface area (Å²) in [5, 5.41) is 0. The van der Waals surface area contributed by atoms with Crippen LogP contribution in [0.25, 0.3) is 0 Å². The molecule has 0 aromatic carbocycles. The van der Waals surface area contributed by atoms with Gasteiger partial charge in [-0.15, -0.1) is 0 Å². The van der Waals surface area contributed by atoms with Gasteiger partial charge in [-0.3, -0.25) is 4.90 Å². The van der Waals surface area contributed by atoms with Crippen LogP contribution in [-0.4, -0.2) is 42.2 Å². The lowest BCUT2D eigenvalue weighted by molar-refractivity contribution is -0.0255. The Morgan fingerprint density at radius 3 is 2.78 bits per heavy atom. The third kappa shape index (κ3) is 2.05. The van der Waals surface area contributed by atoms with Crippen molar-refractivity contribution in [3.63, 3.8) is 0 Å². The molecular formula is C6H12INO. The maximum Gasteiger partial charge on any atom is 0.0824 e. The average Bonchev–Trinajstić information content (AvgIpc) is 1.77. The Morgan fingerprint density at radius 2 is 2.33 bits per heavy atom. The number of ether oxygens (including phenoxy) is 1. The average molecular weight is 241 g/mol. The molecule has 0 bridgehead atoms. The van der Waals surface area contributed by atoms with Gasteiger partial charge in [0.2, 0.25) is 0 Å². The molecule has 54 valence electrons. The zero-order valence-electron chi connectivity index (χ0n) is 5.64. The predicted octanol–water partition coefficient (Wildman–Crippen LogP) is 0.752. The lowest BCUT2D eigenvalue weighted by atomic mass is 10.2. The highest BCUT2D eigenvalue weighted by Gasteiger charge is 2.24. The summed E-state index contributed by atoms with van der Waals surface area (Å²) >= 11 is 2.40. The summed E-state index contributed by atoms with van der Waals surface area (Å²) in [4.78, 5) is 2.40. The Kier molecular flexibility index (Phi) is 3.21. The molecule has 0 saturated carbocycles. The van der Waals surface area contributed by atoms with Crippen LogP contribution in [0.4, 0.5) is 0 Å². The van der Waals surface area contributed by atoms with Crippen molar-refractivity contribution in [1.29, 1.82) is 0 Å². The minimum Gasteiger partial charge on any atom is -0.379 e. The molecule has 0 aromatic rings. The molecule has 0 aromatic heterocycles. The second-order valence-corrected chi connectivity index (χ2v) is 3.39. The standard InChI is InChI=1S/C6H12INO/c1-9-6-4-8(5-6)3-2-7/h6H,2-5H2,1H3. The van der Waals surface area contributed by atoms with E-state index in [1.54, 1.807) is 7.11 Å². The van der Waals surface area contributed by atoms with Crippen LogP contribution >= 0.6 is 22.6 Å². The zero-order chi connectivity index (χ0) is 6.69. The summed E-state index contributed by atoms with van der Waals surface area (Å²) in [6.07, 6.45) is 0.521. The van der Waals surface area contributed by atoms with Gasteiger partial charge in [0, 0.05) is 31.2 Å². The molecule has 0 aliphatic carbocycles. The molecule has 1 heterocycles. The first-order valence-electron chi connectivity index (χ1n) is 3.18. The van der Waals surface area contributed by atoms with Crippen LogP contribution in [0.2, 0.25) is 0 Å². The van der Waals surface area contributed by atoms with Gasteiger partial charge in [-0.2, -0.15) is 0 Å². The number of rotatable bonds is 3. The largest absolute Gasteiger partial charge is 0.379 e. The second-order valence-electron chi connectivity index (χ2n) is 2.31. The first kappa shape index (κ1) is 7.75. The SMILES string of the molecule is COC1CN(CCI)C1. The molecule has 0 unspecified atom stereocenters. The van der Waals surface area contributed by atoms with Crippen molar-refractivity contribution in [3.8, 4) is 0 Å². The van der Waals surface area contributed by atoms with Gasteiger partial charge in [0.25, 0.3) is 0 Å². The van der Waals surface area contributed by atoms with Crippen LogP contribution in [0.3, 0.4) is 0 Å². The molecule has 2 nitrogen and oxygen atoms in total. The monoisotopic (exact) mass is 241 g/mol. The van der Waals surface area contributed by atoms with Crippen LogP contribution in [0.1, 0.15) is 0 Å². The van der Waals surface area contributed by atoms with Gasteiger partial charge in [0.05, 0.1) is 6.10 Å². The van der Waals surface area contributed by atoms with E-state index in [1.165, 1.54) is 11.0 Å². The first-order chi connectivity index (χ1) is 4.36. The number of alkyl halides is 1. The molecule has 0 radical (unpaired) electrons. The van der Waals surface area contributed by atoms with Gasteiger partial charge < -0.3 is 4.74 Å². The molecular weight excluding hydrogens is 229 g/mol. The van der Waals surface area contributed by atoms with Gasteiger partial charge in [-0.25, -0.2) is 0 Å². The fourth-order valence-electron chi connectivity index (χ4n) is 0.974. The van der Waals surface area contributed by atoms with Crippen molar-refractivity contribution in [3.05, 3.63) is 0 Å². The second kappa shape index (κ2) is 3.73. The number of hydrogen-bond donors (Lipinski definition) is 0. The Hall–Kier alpha value is 0.650. The smallest absolute Gasteiger partial charge is 0.0824 e. The Morgan fingerprint density at radius 1 is 1.67 bits per heavy atom. The molecule has 1 rings (SSSR count). The van der Waals surface area contributed by atoms with Gasteiger partial charge >= 0.3 is 0 Å². The van der Waals surface area contributed by atoms with E-state index in [1.807, 2.05) is 0 Å². The molecule has 3 heteroatoms. The van der Waals surface area contributed by atoms with Crippen molar-refractivity contribution in [2.75, 3.05) is 31.2 Å². The van der Waals surface area contributed by atoms with Crippen molar-refractivity contribution < 1.29 is 4.74 Å². The van der Waals surface area contributed by atoms with Crippen molar-refractivity contribution in [1.82, 2.24) is 4.90 Å². The Labute approximate surface area is 69.7 Å². The Balaban J connectivity index is 1.98. The van der Waals surface area contributed by atoms with Gasteiger partial charge in [-0.1, -0.05) is 22.6 Å². The molecule has 0 N–H and O–H groups in total. The quantitative estimate of drug-likeness (QED) is 0.534. The molecule has 9 heavy (non-hydrogen) atoms. The van der Waals surface area contributed by atoms with E-state index in [9.17, 15) is 0 Å². The molecule has 0 atom stereocenters. The van der Waals surface area contributed by atoms with E-state index in [-0.39, 0.29) is 0 Å². The van der Waals surface area contributed by atoms with Crippen LogP contribution in [0.5, 0.6) is 0 Å². The molecule has 1 aliphatic heterocycles. The summed E-state index contributed by atoms with van der Waals surface area (Å²) < 4.78 is 6.35. The maximum atomic E-state index is 5.12. The molecule has 0 amide bonds. The van der Waals surface area contributed by atoms with Crippen molar-refractivity contribution in [2.45, 2.75) is 6.10 Å². The summed E-state index contributed by atoms with van der Waals surface area (Å²) in [7, 11) is 1.78. The zero-order valence-corrected chi connectivity index (χ0v) is 7.80. The third-order valence-corrected chi connectivity index (χ3v) is 2.14. The lowest BCUT2D eigenvalue weighted by Gasteiger charge is -2.37. The fourth-order valence-corrected chi connectivity index (χ4v) is 1.66. The number of likely N-dealkylation sites (tertiary alicyclic amines) is 1. The Bertz CT molecular complexity index is 83.1. The number of hydrogen-bond acceptors (Lipinski definition) is 2. The lowest BCUT2D eigenvalue weighted by Crippen LogP contribution is -2.52. The van der Waals surface area contributed by atoms with E-state index in [0.717, 1.165) is 13.1 Å².